The molecule has 1 unspecified atom stereocenters. The number of hydrogen-bond acceptors (Lipinski definition) is 5. The Kier molecular flexibility index (Phi) is 11.4. The first kappa shape index (κ1) is 31.0. The van der Waals surface area contributed by atoms with Gasteiger partial charge in [-0.3, -0.25) is 13.9 Å². The lowest BCUT2D eigenvalue weighted by molar-refractivity contribution is -0.140. The van der Waals surface area contributed by atoms with Gasteiger partial charge < -0.3 is 15.0 Å². The van der Waals surface area contributed by atoms with Crippen LogP contribution in [0.1, 0.15) is 38.7 Å². The number of rotatable bonds is 14. The Bertz CT molecular complexity index is 1380. The summed E-state index contributed by atoms with van der Waals surface area (Å²) in [5.74, 6) is -0.204. The minimum Gasteiger partial charge on any atom is -0.497 e. The number of unbranched alkanes of at least 4 members (excludes halogenated alkanes) is 1. The van der Waals surface area contributed by atoms with Crippen molar-refractivity contribution in [1.82, 2.24) is 10.2 Å². The first-order valence-corrected chi connectivity index (χ1v) is 15.1. The summed E-state index contributed by atoms with van der Waals surface area (Å²) in [4.78, 5) is 28.8. The van der Waals surface area contributed by atoms with Crippen LogP contribution in [0.15, 0.2) is 83.8 Å². The van der Waals surface area contributed by atoms with Crippen LogP contribution >= 0.6 is 11.6 Å². The highest BCUT2D eigenvalue weighted by Gasteiger charge is 2.33. The van der Waals surface area contributed by atoms with Gasteiger partial charge in [-0.25, -0.2) is 8.42 Å². The Morgan fingerprint density at radius 1 is 0.975 bits per heavy atom. The van der Waals surface area contributed by atoms with Gasteiger partial charge in [0.05, 0.1) is 17.7 Å². The van der Waals surface area contributed by atoms with Crippen molar-refractivity contribution in [3.8, 4) is 5.75 Å². The van der Waals surface area contributed by atoms with Crippen molar-refractivity contribution in [2.75, 3.05) is 24.5 Å². The zero-order valence-corrected chi connectivity index (χ0v) is 24.6. The molecule has 3 aromatic carbocycles. The summed E-state index contributed by atoms with van der Waals surface area (Å²) in [7, 11) is -2.60. The smallest absolute Gasteiger partial charge is 0.264 e. The molecule has 0 aliphatic carbocycles. The van der Waals surface area contributed by atoms with Crippen LogP contribution in [0.4, 0.5) is 5.69 Å². The number of carbonyl (C=O) groups is 2. The number of ether oxygens (including phenoxy) is 1. The number of anilines is 1. The Morgan fingerprint density at radius 3 is 2.35 bits per heavy atom. The van der Waals surface area contributed by atoms with E-state index in [-0.39, 0.29) is 23.0 Å². The fourth-order valence-corrected chi connectivity index (χ4v) is 5.88. The van der Waals surface area contributed by atoms with E-state index in [9.17, 15) is 18.0 Å². The summed E-state index contributed by atoms with van der Waals surface area (Å²) in [6.45, 7) is 3.90. The molecule has 0 aliphatic heterocycles. The molecule has 1 atom stereocenters. The molecule has 0 fully saturated rings. The molecule has 0 radical (unpaired) electrons. The van der Waals surface area contributed by atoms with Gasteiger partial charge in [0.15, 0.2) is 0 Å². The molecule has 0 heterocycles. The SMILES string of the molecule is CCCCNC(=O)C(CC)N(Cc1cccc(OC)c1)C(=O)CN(c1cccc(Cl)c1)S(=O)(=O)c1ccccc1. The van der Waals surface area contributed by atoms with E-state index >= 15 is 0 Å². The second-order valence-electron chi connectivity index (χ2n) is 9.25. The number of methoxy groups -OCH3 is 1. The summed E-state index contributed by atoms with van der Waals surface area (Å²) in [6.07, 6.45) is 2.07. The fourth-order valence-electron chi connectivity index (χ4n) is 4.27. The Balaban J connectivity index is 2.03. The van der Waals surface area contributed by atoms with E-state index in [0.29, 0.717) is 23.7 Å². The van der Waals surface area contributed by atoms with Gasteiger partial charge in [0.25, 0.3) is 10.0 Å². The maximum Gasteiger partial charge on any atom is 0.264 e. The highest BCUT2D eigenvalue weighted by atomic mass is 35.5. The molecule has 0 saturated carbocycles. The largest absolute Gasteiger partial charge is 0.497 e. The summed E-state index contributed by atoms with van der Waals surface area (Å²) in [6, 6.07) is 20.6. The van der Waals surface area contributed by atoms with Crippen molar-refractivity contribution in [3.05, 3.63) is 89.4 Å². The van der Waals surface area contributed by atoms with Crippen molar-refractivity contribution in [2.24, 2.45) is 0 Å². The highest BCUT2D eigenvalue weighted by Crippen LogP contribution is 2.27. The summed E-state index contributed by atoms with van der Waals surface area (Å²) in [5.41, 5.74) is 0.985. The summed E-state index contributed by atoms with van der Waals surface area (Å²) >= 11 is 6.21. The van der Waals surface area contributed by atoms with Crippen LogP contribution in [-0.2, 0) is 26.2 Å². The number of nitrogens with one attached hydrogen (secondary N) is 1. The van der Waals surface area contributed by atoms with Crippen LogP contribution < -0.4 is 14.4 Å². The maximum absolute atomic E-state index is 14.1. The predicted molar refractivity (Wildman–Crippen MR) is 158 cm³/mol. The quantitative estimate of drug-likeness (QED) is 0.260. The second kappa shape index (κ2) is 14.7. The summed E-state index contributed by atoms with van der Waals surface area (Å²) < 4.78 is 34.0. The molecule has 0 spiro atoms. The van der Waals surface area contributed by atoms with Crippen LogP contribution in [0.3, 0.4) is 0 Å². The standard InChI is InChI=1S/C30H36ClN3O5S/c1-4-6-18-32-30(36)28(5-2)33(21-23-12-10-15-26(19-23)39-3)29(35)22-34(25-14-11-13-24(31)20-25)40(37,38)27-16-8-7-9-17-27/h7-17,19-20,28H,4-6,18,21-22H2,1-3H3,(H,32,36). The molecule has 3 aromatic rings. The van der Waals surface area contributed by atoms with E-state index in [4.69, 9.17) is 16.3 Å². The van der Waals surface area contributed by atoms with E-state index in [0.717, 1.165) is 22.7 Å². The van der Waals surface area contributed by atoms with Crippen LogP contribution in [0.25, 0.3) is 0 Å². The maximum atomic E-state index is 14.1. The normalized spacial score (nSPS) is 11.9. The molecule has 8 nitrogen and oxygen atoms in total. The van der Waals surface area contributed by atoms with Crippen LogP contribution in [-0.4, -0.2) is 51.4 Å². The molecule has 0 bridgehead atoms. The third-order valence-corrected chi connectivity index (χ3v) is 8.43. The van der Waals surface area contributed by atoms with Gasteiger partial charge in [-0.1, -0.05) is 68.3 Å². The average Bonchev–Trinajstić information content (AvgIpc) is 2.96. The molecule has 1 N–H and O–H groups in total. The van der Waals surface area contributed by atoms with Gasteiger partial charge in [0.2, 0.25) is 11.8 Å². The van der Waals surface area contributed by atoms with E-state index in [2.05, 4.69) is 5.32 Å². The van der Waals surface area contributed by atoms with Gasteiger partial charge in [-0.2, -0.15) is 0 Å². The topological polar surface area (TPSA) is 96.0 Å². The number of nitrogens with zero attached hydrogens (tertiary/aromatic N) is 2. The number of amides is 2. The van der Waals surface area contributed by atoms with Crippen molar-refractivity contribution in [2.45, 2.75) is 50.6 Å². The number of halogens is 1. The molecule has 0 aromatic heterocycles. The fraction of sp³-hybridized carbons (Fsp3) is 0.333. The van der Waals surface area contributed by atoms with Crippen molar-refractivity contribution in [3.63, 3.8) is 0 Å². The third kappa shape index (κ3) is 7.99. The van der Waals surface area contributed by atoms with E-state index < -0.39 is 28.5 Å². The monoisotopic (exact) mass is 585 g/mol. The average molecular weight is 586 g/mol. The molecular formula is C30H36ClN3O5S. The number of hydrogen-bond donors (Lipinski definition) is 1. The van der Waals surface area contributed by atoms with E-state index in [1.165, 1.54) is 23.1 Å². The Morgan fingerprint density at radius 2 is 1.70 bits per heavy atom. The second-order valence-corrected chi connectivity index (χ2v) is 11.5. The zero-order valence-electron chi connectivity index (χ0n) is 23.0. The van der Waals surface area contributed by atoms with Crippen LogP contribution in [0.5, 0.6) is 5.75 Å². The molecule has 0 aliphatic rings. The molecule has 0 saturated heterocycles. The van der Waals surface area contributed by atoms with Crippen molar-refractivity contribution in [1.29, 1.82) is 0 Å². The predicted octanol–water partition coefficient (Wildman–Crippen LogP) is 5.27. The van der Waals surface area contributed by atoms with Crippen LogP contribution in [0.2, 0.25) is 5.02 Å². The van der Waals surface area contributed by atoms with E-state index in [1.54, 1.807) is 61.7 Å². The summed E-state index contributed by atoms with van der Waals surface area (Å²) in [5, 5.41) is 3.25. The zero-order chi connectivity index (χ0) is 29.1. The minimum atomic E-state index is -4.15. The van der Waals surface area contributed by atoms with Crippen molar-refractivity contribution >= 4 is 39.1 Å². The highest BCUT2D eigenvalue weighted by molar-refractivity contribution is 7.92. The number of sulfonamides is 1. The first-order valence-electron chi connectivity index (χ1n) is 13.2. The molecule has 214 valence electrons. The molecular weight excluding hydrogens is 550 g/mol. The van der Waals surface area contributed by atoms with E-state index in [1.807, 2.05) is 19.9 Å². The van der Waals surface area contributed by atoms with Gasteiger partial charge in [-0.05, 0) is 60.9 Å². The third-order valence-electron chi connectivity index (χ3n) is 6.41. The molecule has 10 heteroatoms. The van der Waals surface area contributed by atoms with Gasteiger partial charge >= 0.3 is 0 Å². The lowest BCUT2D eigenvalue weighted by Crippen LogP contribution is -2.52. The van der Waals surface area contributed by atoms with Crippen LogP contribution in [0, 0.1) is 0 Å². The van der Waals surface area contributed by atoms with Gasteiger partial charge in [0.1, 0.15) is 18.3 Å². The van der Waals surface area contributed by atoms with Gasteiger partial charge in [0, 0.05) is 18.1 Å². The Labute approximate surface area is 241 Å². The van der Waals surface area contributed by atoms with Gasteiger partial charge in [-0.15, -0.1) is 0 Å². The Hall–Kier alpha value is -3.56. The lowest BCUT2D eigenvalue weighted by Gasteiger charge is -2.33. The van der Waals surface area contributed by atoms with Crippen molar-refractivity contribution < 1.29 is 22.7 Å². The lowest BCUT2D eigenvalue weighted by atomic mass is 10.1. The molecule has 40 heavy (non-hydrogen) atoms. The first-order chi connectivity index (χ1) is 19.2. The minimum absolute atomic E-state index is 0.0338. The number of carbonyl (C=O) groups excluding carboxylic acids is 2. The molecule has 3 rings (SSSR count). The molecule has 2 amide bonds. The number of benzene rings is 3.